The van der Waals surface area contributed by atoms with E-state index in [4.69, 9.17) is 9.47 Å². The first-order valence-corrected chi connectivity index (χ1v) is 17.1. The molecular weight excluding hydrogens is 620 g/mol. The number of methoxy groups -OCH3 is 1. The van der Waals surface area contributed by atoms with E-state index in [1.165, 1.54) is 55.8 Å². The van der Waals surface area contributed by atoms with Crippen LogP contribution >= 0.6 is 0 Å². The normalized spacial score (nSPS) is 22.5. The minimum absolute atomic E-state index is 0.0293. The number of nitrogens with one attached hydrogen (secondary N) is 1. The van der Waals surface area contributed by atoms with Gasteiger partial charge in [-0.1, -0.05) is 0 Å². The molecule has 0 unspecified atom stereocenters. The van der Waals surface area contributed by atoms with Gasteiger partial charge in [0.1, 0.15) is 5.75 Å². The van der Waals surface area contributed by atoms with Crippen LogP contribution in [0, 0.1) is 22.7 Å². The van der Waals surface area contributed by atoms with Gasteiger partial charge in [0.2, 0.25) is 11.8 Å². The Bertz CT molecular complexity index is 1890. The number of fused-ring (bicyclic) bond motifs is 1. The van der Waals surface area contributed by atoms with Crippen molar-refractivity contribution in [2.75, 3.05) is 51.2 Å². The molecule has 1 aromatic heterocycles. The standard InChI is InChI=1S/C34H36N6O6S/c1-4-46-31-27(6-5-13-36-31)34(37-30(41)23-15-33(16-23)20-39(21-33)24-18-38(2)19-24)28-14-22(17-35)7-12-29(28)40(32(34)42)47(43,44)26-10-8-25(45-3)9-11-26/h5-14,23-24H,4,15-16,18-21H2,1-3H3,(H,37,41)/t34-/m1/s1. The fraction of sp³-hybridized carbons (Fsp3) is 0.412. The molecule has 0 bridgehead atoms. The number of ether oxygens (including phenoxy) is 2. The van der Waals surface area contributed by atoms with Crippen LogP contribution in [0.5, 0.6) is 11.6 Å². The lowest BCUT2D eigenvalue weighted by molar-refractivity contribution is -0.157. The van der Waals surface area contributed by atoms with E-state index in [2.05, 4.69) is 33.2 Å². The van der Waals surface area contributed by atoms with Crippen molar-refractivity contribution in [3.63, 3.8) is 0 Å². The van der Waals surface area contributed by atoms with Crippen molar-refractivity contribution in [1.29, 1.82) is 5.26 Å². The molecule has 7 rings (SSSR count). The first-order chi connectivity index (χ1) is 22.5. The summed E-state index contributed by atoms with van der Waals surface area (Å²) in [7, 11) is -0.927. The van der Waals surface area contributed by atoms with Gasteiger partial charge in [-0.25, -0.2) is 13.4 Å². The van der Waals surface area contributed by atoms with Gasteiger partial charge in [-0.2, -0.15) is 9.57 Å². The number of hydrogen-bond donors (Lipinski definition) is 1. The molecule has 3 aromatic rings. The van der Waals surface area contributed by atoms with E-state index in [0.29, 0.717) is 24.6 Å². The number of amides is 2. The molecule has 12 nitrogen and oxygen atoms in total. The smallest absolute Gasteiger partial charge is 0.276 e. The van der Waals surface area contributed by atoms with Gasteiger partial charge in [-0.15, -0.1) is 0 Å². The summed E-state index contributed by atoms with van der Waals surface area (Å²) in [5.74, 6) is -1.13. The Hall–Kier alpha value is -4.51. The van der Waals surface area contributed by atoms with Gasteiger partial charge in [0, 0.05) is 49.9 Å². The SMILES string of the molecule is CCOc1ncccc1[C@]1(NC(=O)C2CC3(C2)CN(C2CN(C)C2)C3)C(=O)N(S(=O)(=O)c2ccc(OC)cc2)c2ccc(C#N)cc21. The molecule has 3 fully saturated rings. The molecule has 4 aliphatic rings. The average molecular weight is 657 g/mol. The van der Waals surface area contributed by atoms with Crippen molar-refractivity contribution in [2.45, 2.75) is 36.2 Å². The quantitative estimate of drug-likeness (QED) is 0.365. The van der Waals surface area contributed by atoms with Crippen LogP contribution in [-0.4, -0.2) is 88.0 Å². The fourth-order valence-corrected chi connectivity index (χ4v) is 9.08. The lowest BCUT2D eigenvalue weighted by Gasteiger charge is -2.62. The number of carbonyl (C=O) groups is 2. The maximum atomic E-state index is 15.0. The number of pyridine rings is 1. The van der Waals surface area contributed by atoms with Crippen LogP contribution in [0.2, 0.25) is 0 Å². The number of carbonyl (C=O) groups excluding carboxylic acids is 2. The lowest BCUT2D eigenvalue weighted by Crippen LogP contribution is -2.71. The van der Waals surface area contributed by atoms with Crippen molar-refractivity contribution in [1.82, 2.24) is 20.1 Å². The molecule has 1 aliphatic carbocycles. The summed E-state index contributed by atoms with van der Waals surface area (Å²) in [6.07, 6.45) is 2.85. The highest BCUT2D eigenvalue weighted by Crippen LogP contribution is 2.54. The second kappa shape index (κ2) is 11.3. The van der Waals surface area contributed by atoms with Gasteiger partial charge in [0.25, 0.3) is 15.9 Å². The molecule has 1 spiro atoms. The molecule has 2 aromatic carbocycles. The Labute approximate surface area is 273 Å². The van der Waals surface area contributed by atoms with Crippen molar-refractivity contribution in [3.05, 3.63) is 77.5 Å². The molecule has 2 amide bonds. The van der Waals surface area contributed by atoms with Crippen molar-refractivity contribution < 1.29 is 27.5 Å². The van der Waals surface area contributed by atoms with Gasteiger partial charge >= 0.3 is 0 Å². The number of likely N-dealkylation sites (tertiary alicyclic amines) is 2. The number of aromatic nitrogens is 1. The van der Waals surface area contributed by atoms with Gasteiger partial charge < -0.3 is 19.7 Å². The maximum Gasteiger partial charge on any atom is 0.276 e. The molecule has 2 saturated heterocycles. The molecule has 0 radical (unpaired) electrons. The third-order valence-electron chi connectivity index (χ3n) is 9.99. The Morgan fingerprint density at radius 3 is 2.47 bits per heavy atom. The lowest BCUT2D eigenvalue weighted by atomic mass is 9.57. The second-order valence-electron chi connectivity index (χ2n) is 13.0. The van der Waals surface area contributed by atoms with Crippen LogP contribution in [0.3, 0.4) is 0 Å². The molecular formula is C34H36N6O6S. The maximum absolute atomic E-state index is 15.0. The number of anilines is 1. The molecule has 244 valence electrons. The van der Waals surface area contributed by atoms with Crippen molar-refractivity contribution >= 4 is 27.5 Å². The third-order valence-corrected chi connectivity index (χ3v) is 11.7. The summed E-state index contributed by atoms with van der Waals surface area (Å²) in [6.45, 7) is 5.96. The molecule has 1 N–H and O–H groups in total. The highest BCUT2D eigenvalue weighted by atomic mass is 32.2. The predicted octanol–water partition coefficient (Wildman–Crippen LogP) is 2.48. The van der Waals surface area contributed by atoms with Crippen LogP contribution in [0.25, 0.3) is 0 Å². The van der Waals surface area contributed by atoms with Crippen molar-refractivity contribution in [3.8, 4) is 17.7 Å². The average Bonchev–Trinajstić information content (AvgIpc) is 3.26. The zero-order chi connectivity index (χ0) is 33.1. The number of hydrogen-bond acceptors (Lipinski definition) is 10. The predicted molar refractivity (Wildman–Crippen MR) is 171 cm³/mol. The molecule has 1 atom stereocenters. The van der Waals surface area contributed by atoms with E-state index in [0.717, 1.165) is 30.5 Å². The van der Waals surface area contributed by atoms with Crippen LogP contribution in [0.1, 0.15) is 36.5 Å². The molecule has 3 aliphatic heterocycles. The zero-order valence-corrected chi connectivity index (χ0v) is 27.3. The molecule has 13 heteroatoms. The summed E-state index contributed by atoms with van der Waals surface area (Å²) in [4.78, 5) is 38.1. The van der Waals surface area contributed by atoms with Crippen LogP contribution < -0.4 is 19.1 Å². The number of sulfonamides is 1. The van der Waals surface area contributed by atoms with E-state index in [1.807, 2.05) is 0 Å². The van der Waals surface area contributed by atoms with Crippen LogP contribution in [0.15, 0.2) is 65.7 Å². The van der Waals surface area contributed by atoms with Gasteiger partial charge in [-0.05, 0) is 86.8 Å². The van der Waals surface area contributed by atoms with E-state index < -0.39 is 21.5 Å². The Morgan fingerprint density at radius 1 is 1.11 bits per heavy atom. The van der Waals surface area contributed by atoms with E-state index >= 15 is 0 Å². The highest BCUT2D eigenvalue weighted by molar-refractivity contribution is 7.93. The van der Waals surface area contributed by atoms with Gasteiger partial charge in [0.15, 0.2) is 5.54 Å². The minimum atomic E-state index is -4.50. The van der Waals surface area contributed by atoms with Gasteiger partial charge in [0.05, 0.1) is 41.5 Å². The zero-order valence-electron chi connectivity index (χ0n) is 26.5. The summed E-state index contributed by atoms with van der Waals surface area (Å²) >= 11 is 0. The Balaban J connectivity index is 1.29. The largest absolute Gasteiger partial charge is 0.497 e. The topological polar surface area (TPSA) is 145 Å². The summed E-state index contributed by atoms with van der Waals surface area (Å²) in [5.41, 5.74) is -1.41. The number of rotatable bonds is 9. The van der Waals surface area contributed by atoms with Crippen molar-refractivity contribution in [2.24, 2.45) is 11.3 Å². The highest BCUT2D eigenvalue weighted by Gasteiger charge is 2.61. The Morgan fingerprint density at radius 2 is 1.83 bits per heavy atom. The second-order valence-corrected chi connectivity index (χ2v) is 14.8. The molecule has 4 heterocycles. The first-order valence-electron chi connectivity index (χ1n) is 15.7. The van der Waals surface area contributed by atoms with E-state index in [9.17, 15) is 23.3 Å². The van der Waals surface area contributed by atoms with Gasteiger partial charge in [-0.3, -0.25) is 14.5 Å². The Kier molecular flexibility index (Phi) is 7.50. The fourth-order valence-electron chi connectivity index (χ4n) is 7.61. The third kappa shape index (κ3) is 4.85. The van der Waals surface area contributed by atoms with Crippen LogP contribution in [-0.2, 0) is 25.2 Å². The monoisotopic (exact) mass is 656 g/mol. The minimum Gasteiger partial charge on any atom is -0.497 e. The van der Waals surface area contributed by atoms with E-state index in [1.54, 1.807) is 19.1 Å². The first kappa shape index (κ1) is 31.1. The number of benzene rings is 2. The molecule has 47 heavy (non-hydrogen) atoms. The number of likely N-dealkylation sites (N-methyl/N-ethyl adjacent to an activating group) is 1. The number of nitriles is 1. The molecule has 1 saturated carbocycles. The van der Waals surface area contributed by atoms with Crippen LogP contribution in [0.4, 0.5) is 5.69 Å². The van der Waals surface area contributed by atoms with E-state index in [-0.39, 0.29) is 57.0 Å². The summed E-state index contributed by atoms with van der Waals surface area (Å²) in [6, 6.07) is 15.9. The summed E-state index contributed by atoms with van der Waals surface area (Å²) in [5, 5.41) is 12.9. The number of nitrogens with zero attached hydrogens (tertiary/aromatic N) is 5. The summed E-state index contributed by atoms with van der Waals surface area (Å²) < 4.78 is 40.3.